The molecule has 0 radical (unpaired) electrons. The fourth-order valence-corrected chi connectivity index (χ4v) is 3.34. The van der Waals surface area contributed by atoms with Gasteiger partial charge in [0, 0.05) is 0 Å². The van der Waals surface area contributed by atoms with Crippen molar-refractivity contribution < 1.29 is 8.42 Å². The largest absolute Gasteiger partial charge is 0.284 e. The number of aryl methyl sites for hydroxylation is 2. The first kappa shape index (κ1) is 20.1. The zero-order valence-corrected chi connectivity index (χ0v) is 16.7. The minimum Gasteiger partial charge on any atom is -0.199 e. The van der Waals surface area contributed by atoms with E-state index in [4.69, 9.17) is 0 Å². The van der Waals surface area contributed by atoms with Gasteiger partial charge >= 0.3 is 0 Å². The van der Waals surface area contributed by atoms with Gasteiger partial charge in [-0.05, 0) is 43.7 Å². The van der Waals surface area contributed by atoms with Crippen LogP contribution < -0.4 is 0 Å². The van der Waals surface area contributed by atoms with Crippen LogP contribution in [0.1, 0.15) is 44.9 Å². The van der Waals surface area contributed by atoms with Crippen molar-refractivity contribution >= 4 is 10.0 Å². The second-order valence-corrected chi connectivity index (χ2v) is 9.24. The molecule has 0 amide bonds. The third-order valence-corrected chi connectivity index (χ3v) is 5.27. The molecule has 5 nitrogen and oxygen atoms in total. The van der Waals surface area contributed by atoms with Crippen molar-refractivity contribution in [3.8, 4) is 0 Å². The third-order valence-electron chi connectivity index (χ3n) is 3.73. The van der Waals surface area contributed by atoms with Gasteiger partial charge in [-0.25, -0.2) is 0 Å². The van der Waals surface area contributed by atoms with E-state index in [-0.39, 0.29) is 10.3 Å². The summed E-state index contributed by atoms with van der Waals surface area (Å²) in [7, 11) is -3.67. The molecular weight excluding hydrogens is 346 g/mol. The van der Waals surface area contributed by atoms with E-state index in [1.54, 1.807) is 24.3 Å². The molecule has 0 atom stereocenters. The lowest BCUT2D eigenvalue weighted by Gasteiger charge is -2.09. The summed E-state index contributed by atoms with van der Waals surface area (Å²) >= 11 is 0. The second kappa shape index (κ2) is 8.45. The summed E-state index contributed by atoms with van der Waals surface area (Å²) < 4.78 is 26.0. The Balaban J connectivity index is 1.91. The second-order valence-electron chi connectivity index (χ2n) is 7.45. The van der Waals surface area contributed by atoms with Gasteiger partial charge in [0.2, 0.25) is 0 Å². The Morgan fingerprint density at radius 2 is 1.81 bits per heavy atom. The Kier molecular flexibility index (Phi) is 6.53. The van der Waals surface area contributed by atoms with Crippen LogP contribution in [0.5, 0.6) is 0 Å². The van der Waals surface area contributed by atoms with E-state index < -0.39 is 10.0 Å². The molecule has 0 bridgehead atoms. The molecule has 0 spiro atoms. The molecule has 1 heterocycles. The minimum atomic E-state index is -3.67. The van der Waals surface area contributed by atoms with Gasteiger partial charge in [0.25, 0.3) is 10.0 Å². The monoisotopic (exact) mass is 373 g/mol. The summed E-state index contributed by atoms with van der Waals surface area (Å²) in [5.74, 6) is 0. The quantitative estimate of drug-likeness (QED) is 0.536. The lowest BCUT2D eigenvalue weighted by atomic mass is 9.96. The van der Waals surface area contributed by atoms with Gasteiger partial charge in [-0.1, -0.05) is 68.0 Å². The van der Waals surface area contributed by atoms with Crippen LogP contribution in [0.3, 0.4) is 0 Å². The van der Waals surface area contributed by atoms with Gasteiger partial charge in [-0.2, -0.15) is 8.42 Å². The number of aromatic nitrogens is 3. The highest BCUT2D eigenvalue weighted by Crippen LogP contribution is 2.15. The molecule has 0 unspecified atom stereocenters. The maximum absolute atomic E-state index is 12.5. The molecule has 0 aliphatic carbocycles. The summed E-state index contributed by atoms with van der Waals surface area (Å²) in [6, 6.07) is 6.71. The van der Waals surface area contributed by atoms with Crippen molar-refractivity contribution in [2.24, 2.45) is 5.41 Å². The van der Waals surface area contributed by atoms with Crippen LogP contribution in [0.15, 0.2) is 59.7 Å². The van der Waals surface area contributed by atoms with Crippen molar-refractivity contribution in [1.82, 2.24) is 14.4 Å². The molecule has 2 rings (SSSR count). The van der Waals surface area contributed by atoms with Crippen LogP contribution in [0.2, 0.25) is 0 Å². The summed E-state index contributed by atoms with van der Waals surface area (Å²) in [5, 5.41) is 7.78. The first-order valence-corrected chi connectivity index (χ1v) is 10.2. The topological polar surface area (TPSA) is 64.8 Å². The number of hydrogen-bond donors (Lipinski definition) is 0. The summed E-state index contributed by atoms with van der Waals surface area (Å²) in [6.45, 7) is 8.39. The van der Waals surface area contributed by atoms with Crippen LogP contribution >= 0.6 is 0 Å². The Morgan fingerprint density at radius 1 is 1.12 bits per heavy atom. The van der Waals surface area contributed by atoms with Crippen LogP contribution in [-0.4, -0.2) is 22.8 Å². The average molecular weight is 374 g/mol. The predicted octanol–water partition coefficient (Wildman–Crippen LogP) is 4.30. The van der Waals surface area contributed by atoms with E-state index in [0.29, 0.717) is 12.1 Å². The van der Waals surface area contributed by atoms with Crippen molar-refractivity contribution in [3.63, 3.8) is 0 Å². The van der Waals surface area contributed by atoms with Gasteiger partial charge in [-0.15, -0.1) is 9.19 Å². The molecule has 26 heavy (non-hydrogen) atoms. The van der Waals surface area contributed by atoms with Gasteiger partial charge in [0.1, 0.15) is 0 Å². The molecular formula is C20H27N3O2S. The molecule has 0 fully saturated rings. The number of allylic oxidation sites excluding steroid dienone is 4. The van der Waals surface area contributed by atoms with Gasteiger partial charge in [0.05, 0.1) is 16.8 Å². The molecule has 0 N–H and O–H groups in total. The SMILES string of the molecule is Cc1ccc(S(=O)(=O)n2cc(CCC/C=C/C=C/C(C)(C)C)nn2)cc1. The van der Waals surface area contributed by atoms with Gasteiger partial charge in [0.15, 0.2) is 0 Å². The predicted molar refractivity (Wildman–Crippen MR) is 104 cm³/mol. The lowest BCUT2D eigenvalue weighted by molar-refractivity contribution is 0.544. The van der Waals surface area contributed by atoms with Gasteiger partial charge in [-0.3, -0.25) is 0 Å². The van der Waals surface area contributed by atoms with E-state index in [0.717, 1.165) is 22.5 Å². The minimum absolute atomic E-state index is 0.186. The zero-order chi connectivity index (χ0) is 19.2. The third kappa shape index (κ3) is 5.95. The van der Waals surface area contributed by atoms with Crippen LogP contribution in [0.4, 0.5) is 0 Å². The molecule has 1 aromatic heterocycles. The lowest BCUT2D eigenvalue weighted by Crippen LogP contribution is -2.13. The number of hydrogen-bond acceptors (Lipinski definition) is 4. The fraction of sp³-hybridized carbons (Fsp3) is 0.400. The van der Waals surface area contributed by atoms with Crippen molar-refractivity contribution in [2.75, 3.05) is 0 Å². The average Bonchev–Trinajstić information content (AvgIpc) is 3.03. The van der Waals surface area contributed by atoms with Crippen LogP contribution in [-0.2, 0) is 16.4 Å². The van der Waals surface area contributed by atoms with Crippen molar-refractivity contribution in [1.29, 1.82) is 0 Å². The maximum atomic E-state index is 12.5. The summed E-state index contributed by atoms with van der Waals surface area (Å²) in [6.07, 6.45) is 12.4. The molecule has 0 aliphatic rings. The van der Waals surface area contributed by atoms with E-state index in [2.05, 4.69) is 49.3 Å². The first-order valence-electron chi connectivity index (χ1n) is 8.76. The van der Waals surface area contributed by atoms with E-state index in [1.165, 1.54) is 6.20 Å². The standard InChI is InChI=1S/C20H27N3O2S/c1-17-11-13-19(14-12-17)26(24,25)23-16-18(21-22-23)10-8-6-5-7-9-15-20(2,3)4/h5,7,9,11-16H,6,8,10H2,1-4H3/b7-5+,15-9+. The molecule has 140 valence electrons. The normalized spacial score (nSPS) is 13.1. The van der Waals surface area contributed by atoms with Gasteiger partial charge < -0.3 is 0 Å². The Bertz CT molecular complexity index is 871. The Labute approximate surface area is 156 Å². The van der Waals surface area contributed by atoms with Crippen molar-refractivity contribution in [2.45, 2.75) is 51.9 Å². The fourth-order valence-electron chi connectivity index (χ4n) is 2.25. The molecule has 0 saturated heterocycles. The maximum Gasteiger partial charge on any atom is 0.284 e. The molecule has 1 aromatic carbocycles. The zero-order valence-electron chi connectivity index (χ0n) is 15.9. The first-order chi connectivity index (χ1) is 12.2. The summed E-state index contributed by atoms with van der Waals surface area (Å²) in [4.78, 5) is 0.216. The Morgan fingerprint density at radius 3 is 2.46 bits per heavy atom. The highest BCUT2D eigenvalue weighted by molar-refractivity contribution is 7.89. The molecule has 2 aromatic rings. The van der Waals surface area contributed by atoms with Crippen LogP contribution in [0.25, 0.3) is 0 Å². The number of benzene rings is 1. The van der Waals surface area contributed by atoms with Crippen LogP contribution in [0, 0.1) is 12.3 Å². The number of unbranched alkanes of at least 4 members (excludes halogenated alkanes) is 1. The highest BCUT2D eigenvalue weighted by atomic mass is 32.2. The summed E-state index contributed by atoms with van der Waals surface area (Å²) in [5.41, 5.74) is 1.87. The van der Waals surface area contributed by atoms with E-state index in [1.807, 2.05) is 13.0 Å². The molecule has 0 aliphatic heterocycles. The number of nitrogens with zero attached hydrogens (tertiary/aromatic N) is 3. The smallest absolute Gasteiger partial charge is 0.199 e. The number of rotatable bonds is 7. The highest BCUT2D eigenvalue weighted by Gasteiger charge is 2.18. The van der Waals surface area contributed by atoms with Crippen molar-refractivity contribution in [3.05, 3.63) is 66.0 Å². The van der Waals surface area contributed by atoms with E-state index >= 15 is 0 Å². The molecule has 0 saturated carbocycles. The van der Waals surface area contributed by atoms with E-state index in [9.17, 15) is 8.42 Å². The molecule has 6 heteroatoms. The Hall–Kier alpha value is -2.21.